The molecule has 0 aliphatic rings. The summed E-state index contributed by atoms with van der Waals surface area (Å²) in [6.45, 7) is 5.22. The van der Waals surface area contributed by atoms with Gasteiger partial charge in [-0.1, -0.05) is 11.6 Å². The monoisotopic (exact) mass is 371 g/mol. The average molecular weight is 372 g/mol. The normalized spacial score (nSPS) is 11.2. The van der Waals surface area contributed by atoms with Gasteiger partial charge in [0.05, 0.1) is 0 Å². The smallest absolute Gasteiger partial charge is 0.269 e. The Morgan fingerprint density at radius 1 is 1.19 bits per heavy atom. The van der Waals surface area contributed by atoms with Crippen LogP contribution in [0.5, 0.6) is 5.75 Å². The highest BCUT2D eigenvalue weighted by Gasteiger charge is 2.30. The van der Waals surface area contributed by atoms with Gasteiger partial charge in [-0.25, -0.2) is 15.0 Å². The summed E-state index contributed by atoms with van der Waals surface area (Å²) in [5, 5.41) is 3.36. The number of halogens is 1. The molecule has 0 aliphatic carbocycles. The molecule has 0 unspecified atom stereocenters. The largest absolute Gasteiger partial charge is 0.478 e. The minimum Gasteiger partial charge on any atom is -0.478 e. The molecule has 8 heteroatoms. The van der Waals surface area contributed by atoms with E-state index in [0.717, 1.165) is 5.82 Å². The fraction of sp³-hybridized carbons (Fsp3) is 0.222. The van der Waals surface area contributed by atoms with E-state index in [0.29, 0.717) is 22.4 Å². The minimum atomic E-state index is -1.11. The lowest BCUT2D eigenvalue weighted by molar-refractivity contribution is -0.128. The van der Waals surface area contributed by atoms with Crippen LogP contribution in [0, 0.1) is 6.92 Å². The highest BCUT2D eigenvalue weighted by molar-refractivity contribution is 6.30. The SMILES string of the molecule is Cc1nccn1-c1cc(NC(=O)C(C)(C)Oc2ccc(Cl)cc2)ncn1. The molecule has 26 heavy (non-hydrogen) atoms. The summed E-state index contributed by atoms with van der Waals surface area (Å²) >= 11 is 5.87. The van der Waals surface area contributed by atoms with Gasteiger partial charge < -0.3 is 10.1 Å². The summed E-state index contributed by atoms with van der Waals surface area (Å²) in [5.41, 5.74) is -1.11. The molecule has 0 radical (unpaired) electrons. The van der Waals surface area contributed by atoms with Gasteiger partial charge >= 0.3 is 0 Å². The summed E-state index contributed by atoms with van der Waals surface area (Å²) in [6.07, 6.45) is 4.85. The van der Waals surface area contributed by atoms with Gasteiger partial charge in [0.2, 0.25) is 0 Å². The molecule has 3 rings (SSSR count). The first-order valence-electron chi connectivity index (χ1n) is 7.93. The topological polar surface area (TPSA) is 81.9 Å². The molecule has 1 amide bonds. The Labute approximate surface area is 156 Å². The van der Waals surface area contributed by atoms with Gasteiger partial charge in [-0.2, -0.15) is 0 Å². The molecule has 0 aliphatic heterocycles. The van der Waals surface area contributed by atoms with Crippen molar-refractivity contribution in [3.05, 3.63) is 59.9 Å². The molecule has 2 aromatic heterocycles. The van der Waals surface area contributed by atoms with E-state index < -0.39 is 5.60 Å². The molecule has 3 aromatic rings. The summed E-state index contributed by atoms with van der Waals surface area (Å²) in [6, 6.07) is 8.50. The van der Waals surface area contributed by atoms with Gasteiger partial charge in [0.25, 0.3) is 5.91 Å². The fourth-order valence-electron chi connectivity index (χ4n) is 2.28. The molecular formula is C18H18ClN5O2. The summed E-state index contributed by atoms with van der Waals surface area (Å²) < 4.78 is 7.58. The van der Waals surface area contributed by atoms with Crippen LogP contribution < -0.4 is 10.1 Å². The molecule has 2 heterocycles. The second-order valence-corrected chi connectivity index (χ2v) is 6.56. The van der Waals surface area contributed by atoms with Gasteiger partial charge in [-0.15, -0.1) is 0 Å². The predicted octanol–water partition coefficient (Wildman–Crippen LogP) is 3.42. The summed E-state index contributed by atoms with van der Waals surface area (Å²) in [4.78, 5) is 25.1. The maximum Gasteiger partial charge on any atom is 0.269 e. The number of nitrogens with zero attached hydrogens (tertiary/aromatic N) is 4. The maximum absolute atomic E-state index is 12.6. The van der Waals surface area contributed by atoms with Gasteiger partial charge in [0.1, 0.15) is 29.5 Å². The van der Waals surface area contributed by atoms with Crippen LogP contribution in [0.1, 0.15) is 19.7 Å². The molecule has 134 valence electrons. The first-order chi connectivity index (χ1) is 12.3. The molecule has 7 nitrogen and oxygen atoms in total. The van der Waals surface area contributed by atoms with Crippen LogP contribution >= 0.6 is 11.6 Å². The Morgan fingerprint density at radius 2 is 1.92 bits per heavy atom. The molecule has 0 fully saturated rings. The van der Waals surface area contributed by atoms with Crippen molar-refractivity contribution < 1.29 is 9.53 Å². The second-order valence-electron chi connectivity index (χ2n) is 6.13. The van der Waals surface area contributed by atoms with Crippen LogP contribution in [0.3, 0.4) is 0 Å². The lowest BCUT2D eigenvalue weighted by Gasteiger charge is -2.25. The lowest BCUT2D eigenvalue weighted by Crippen LogP contribution is -2.42. The highest BCUT2D eigenvalue weighted by Crippen LogP contribution is 2.22. The third kappa shape index (κ3) is 4.00. The molecule has 0 saturated carbocycles. The molecule has 1 N–H and O–H groups in total. The summed E-state index contributed by atoms with van der Waals surface area (Å²) in [5.74, 6) is 1.99. The van der Waals surface area contributed by atoms with E-state index in [2.05, 4.69) is 20.3 Å². The number of rotatable bonds is 5. The van der Waals surface area contributed by atoms with Crippen molar-refractivity contribution in [3.63, 3.8) is 0 Å². The predicted molar refractivity (Wildman–Crippen MR) is 98.7 cm³/mol. The van der Waals surface area contributed by atoms with Crippen molar-refractivity contribution in [2.45, 2.75) is 26.4 Å². The molecule has 0 saturated heterocycles. The number of nitrogens with one attached hydrogen (secondary N) is 1. The zero-order valence-electron chi connectivity index (χ0n) is 14.6. The Balaban J connectivity index is 1.74. The lowest BCUT2D eigenvalue weighted by atomic mass is 10.1. The first-order valence-corrected chi connectivity index (χ1v) is 8.31. The number of imidazole rings is 1. The van der Waals surface area contributed by atoms with Crippen LogP contribution in [0.2, 0.25) is 5.02 Å². The number of aryl methyl sites for hydroxylation is 1. The van der Waals surface area contributed by atoms with Crippen molar-refractivity contribution >= 4 is 23.3 Å². The standard InChI is InChI=1S/C18H18ClN5O2/c1-12-20-8-9-24(12)16-10-15(21-11-22-16)23-17(25)18(2,3)26-14-6-4-13(19)5-7-14/h4-11H,1-3H3,(H,21,22,23,25). The van der Waals surface area contributed by atoms with E-state index in [-0.39, 0.29) is 5.91 Å². The van der Waals surface area contributed by atoms with E-state index >= 15 is 0 Å². The maximum atomic E-state index is 12.6. The van der Waals surface area contributed by atoms with Crippen LogP contribution in [0.4, 0.5) is 5.82 Å². The quantitative estimate of drug-likeness (QED) is 0.743. The van der Waals surface area contributed by atoms with Crippen molar-refractivity contribution in [1.82, 2.24) is 19.5 Å². The number of hydrogen-bond acceptors (Lipinski definition) is 5. The number of hydrogen-bond donors (Lipinski definition) is 1. The Hall–Kier alpha value is -2.93. The van der Waals surface area contributed by atoms with Crippen molar-refractivity contribution in [2.24, 2.45) is 0 Å². The zero-order chi connectivity index (χ0) is 18.7. The molecule has 0 spiro atoms. The number of carbonyl (C=O) groups excluding carboxylic acids is 1. The zero-order valence-corrected chi connectivity index (χ0v) is 15.4. The number of carbonyl (C=O) groups is 1. The molecule has 0 atom stereocenters. The first kappa shape index (κ1) is 17.9. The Bertz CT molecular complexity index is 921. The third-order valence-corrected chi connectivity index (χ3v) is 3.95. The number of amides is 1. The van der Waals surface area contributed by atoms with E-state index in [9.17, 15) is 4.79 Å². The van der Waals surface area contributed by atoms with Crippen molar-refractivity contribution in [2.75, 3.05) is 5.32 Å². The van der Waals surface area contributed by atoms with Crippen molar-refractivity contribution in [1.29, 1.82) is 0 Å². The Kier molecular flexibility index (Phi) is 4.90. The van der Waals surface area contributed by atoms with E-state index in [1.54, 1.807) is 61.1 Å². The van der Waals surface area contributed by atoms with E-state index in [1.165, 1.54) is 6.33 Å². The molecular weight excluding hydrogens is 354 g/mol. The van der Waals surface area contributed by atoms with Crippen LogP contribution in [0.15, 0.2) is 49.1 Å². The third-order valence-electron chi connectivity index (χ3n) is 3.70. The van der Waals surface area contributed by atoms with Crippen molar-refractivity contribution in [3.8, 4) is 11.6 Å². The Morgan fingerprint density at radius 3 is 2.58 bits per heavy atom. The van der Waals surface area contributed by atoms with E-state index in [4.69, 9.17) is 16.3 Å². The minimum absolute atomic E-state index is 0.334. The van der Waals surface area contributed by atoms with Crippen LogP contribution in [0.25, 0.3) is 5.82 Å². The number of ether oxygens (including phenoxy) is 1. The fourth-order valence-corrected chi connectivity index (χ4v) is 2.40. The highest BCUT2D eigenvalue weighted by atomic mass is 35.5. The number of anilines is 1. The summed E-state index contributed by atoms with van der Waals surface area (Å²) in [7, 11) is 0. The molecule has 1 aromatic carbocycles. The van der Waals surface area contributed by atoms with Gasteiger partial charge in [-0.05, 0) is 45.0 Å². The van der Waals surface area contributed by atoms with Gasteiger partial charge in [0.15, 0.2) is 5.60 Å². The van der Waals surface area contributed by atoms with Crippen LogP contribution in [-0.2, 0) is 4.79 Å². The van der Waals surface area contributed by atoms with Gasteiger partial charge in [0, 0.05) is 23.5 Å². The van der Waals surface area contributed by atoms with Crippen LogP contribution in [-0.4, -0.2) is 31.0 Å². The second kappa shape index (κ2) is 7.13. The van der Waals surface area contributed by atoms with E-state index in [1.807, 2.05) is 6.92 Å². The molecule has 0 bridgehead atoms. The average Bonchev–Trinajstić information content (AvgIpc) is 3.03. The number of aromatic nitrogens is 4. The van der Waals surface area contributed by atoms with Gasteiger partial charge in [-0.3, -0.25) is 9.36 Å². The number of benzene rings is 1.